The summed E-state index contributed by atoms with van der Waals surface area (Å²) < 4.78 is 16.0. The van der Waals surface area contributed by atoms with Crippen molar-refractivity contribution >= 4 is 17.8 Å². The van der Waals surface area contributed by atoms with Gasteiger partial charge in [0.15, 0.2) is 17.3 Å². The van der Waals surface area contributed by atoms with E-state index in [2.05, 4.69) is 0 Å². The first-order valence-electron chi connectivity index (χ1n) is 9.16. The number of benzene rings is 2. The fraction of sp³-hybridized carbons (Fsp3) is 0.304. The molecular formula is C23H24O5. The summed E-state index contributed by atoms with van der Waals surface area (Å²) in [6.45, 7) is 2.33. The Labute approximate surface area is 164 Å². The summed E-state index contributed by atoms with van der Waals surface area (Å²) in [7, 11) is 2.93. The van der Waals surface area contributed by atoms with Crippen molar-refractivity contribution in [2.75, 3.05) is 14.2 Å². The first kappa shape index (κ1) is 19.7. The minimum Gasteiger partial charge on any atom is -0.493 e. The monoisotopic (exact) mass is 380 g/mol. The van der Waals surface area contributed by atoms with Crippen LogP contribution in [0.5, 0.6) is 11.5 Å². The number of esters is 1. The first-order chi connectivity index (χ1) is 13.4. The zero-order valence-corrected chi connectivity index (χ0v) is 16.4. The quantitative estimate of drug-likeness (QED) is 0.500. The SMILES string of the molecule is COC(=O)c1ccc(COc2ccc(/C=C/C(=O)C3(C)CC3)cc2OC)cc1. The number of ketones is 1. The molecule has 0 amide bonds. The number of hydrogen-bond acceptors (Lipinski definition) is 5. The van der Waals surface area contributed by atoms with Crippen molar-refractivity contribution < 1.29 is 23.8 Å². The van der Waals surface area contributed by atoms with Gasteiger partial charge in [0.25, 0.3) is 0 Å². The number of allylic oxidation sites excluding steroid dienone is 1. The molecule has 2 aromatic carbocycles. The van der Waals surface area contributed by atoms with Gasteiger partial charge < -0.3 is 14.2 Å². The van der Waals surface area contributed by atoms with Gasteiger partial charge in [-0.3, -0.25) is 4.79 Å². The van der Waals surface area contributed by atoms with Gasteiger partial charge in [-0.25, -0.2) is 4.79 Å². The van der Waals surface area contributed by atoms with Gasteiger partial charge in [0.05, 0.1) is 19.8 Å². The molecule has 0 atom stereocenters. The van der Waals surface area contributed by atoms with Gasteiger partial charge in [-0.05, 0) is 54.3 Å². The van der Waals surface area contributed by atoms with Crippen molar-refractivity contribution in [3.05, 3.63) is 65.2 Å². The molecule has 0 radical (unpaired) electrons. The van der Waals surface area contributed by atoms with Crippen LogP contribution in [0.4, 0.5) is 0 Å². The average molecular weight is 380 g/mol. The number of carbonyl (C=O) groups is 2. The third kappa shape index (κ3) is 4.60. The van der Waals surface area contributed by atoms with Crippen LogP contribution >= 0.6 is 0 Å². The van der Waals surface area contributed by atoms with Crippen LogP contribution in [0.2, 0.25) is 0 Å². The second-order valence-electron chi connectivity index (χ2n) is 7.15. The molecule has 1 fully saturated rings. The first-order valence-corrected chi connectivity index (χ1v) is 9.16. The maximum absolute atomic E-state index is 12.1. The van der Waals surface area contributed by atoms with Gasteiger partial charge in [0.1, 0.15) is 6.61 Å². The van der Waals surface area contributed by atoms with Crippen molar-refractivity contribution in [1.29, 1.82) is 0 Å². The van der Waals surface area contributed by atoms with Crippen LogP contribution in [0.3, 0.4) is 0 Å². The van der Waals surface area contributed by atoms with Crippen LogP contribution < -0.4 is 9.47 Å². The zero-order chi connectivity index (χ0) is 20.1. The lowest BCUT2D eigenvalue weighted by Gasteiger charge is -2.12. The van der Waals surface area contributed by atoms with E-state index in [-0.39, 0.29) is 17.2 Å². The normalized spacial score (nSPS) is 14.5. The number of hydrogen-bond donors (Lipinski definition) is 0. The molecule has 28 heavy (non-hydrogen) atoms. The molecule has 0 aromatic heterocycles. The van der Waals surface area contributed by atoms with Gasteiger partial charge in [-0.15, -0.1) is 0 Å². The predicted octanol–water partition coefficient (Wildman–Crippen LogP) is 4.44. The molecule has 0 N–H and O–H groups in total. The zero-order valence-electron chi connectivity index (χ0n) is 16.4. The number of rotatable bonds is 8. The van der Waals surface area contributed by atoms with E-state index in [4.69, 9.17) is 14.2 Å². The molecule has 5 nitrogen and oxygen atoms in total. The van der Waals surface area contributed by atoms with E-state index in [1.807, 2.05) is 43.3 Å². The highest BCUT2D eigenvalue weighted by atomic mass is 16.5. The van der Waals surface area contributed by atoms with Crippen LogP contribution in [0.1, 0.15) is 41.3 Å². The van der Waals surface area contributed by atoms with E-state index in [9.17, 15) is 9.59 Å². The van der Waals surface area contributed by atoms with Gasteiger partial charge in [0, 0.05) is 5.41 Å². The highest BCUT2D eigenvalue weighted by Gasteiger charge is 2.43. The second kappa shape index (κ2) is 8.30. The Morgan fingerprint density at radius 1 is 1.04 bits per heavy atom. The molecule has 1 aliphatic rings. The van der Waals surface area contributed by atoms with Gasteiger partial charge in [0.2, 0.25) is 0 Å². The maximum Gasteiger partial charge on any atom is 0.337 e. The van der Waals surface area contributed by atoms with Crippen LogP contribution in [0.25, 0.3) is 6.08 Å². The standard InChI is InChI=1S/C23H24O5/c1-23(12-13-23)21(24)11-7-16-6-10-19(20(14-16)26-2)28-15-17-4-8-18(9-5-17)22(25)27-3/h4-11,14H,12-13,15H2,1-3H3/b11-7+. The van der Waals surface area contributed by atoms with E-state index in [1.165, 1.54) is 7.11 Å². The summed E-state index contributed by atoms with van der Waals surface area (Å²) in [5.41, 5.74) is 2.13. The lowest BCUT2D eigenvalue weighted by Crippen LogP contribution is -2.07. The number of methoxy groups -OCH3 is 2. The molecule has 0 bridgehead atoms. The van der Waals surface area contributed by atoms with Crippen LogP contribution in [0, 0.1) is 5.41 Å². The minimum absolute atomic E-state index is 0.160. The molecule has 1 saturated carbocycles. The number of ether oxygens (including phenoxy) is 3. The molecule has 146 valence electrons. The van der Waals surface area contributed by atoms with E-state index in [1.54, 1.807) is 25.3 Å². The minimum atomic E-state index is -0.369. The van der Waals surface area contributed by atoms with Crippen LogP contribution in [-0.4, -0.2) is 26.0 Å². The molecule has 0 aliphatic heterocycles. The average Bonchev–Trinajstić information content (AvgIpc) is 3.49. The summed E-state index contributed by atoms with van der Waals surface area (Å²) in [6, 6.07) is 12.6. The Morgan fingerprint density at radius 3 is 2.36 bits per heavy atom. The molecule has 3 rings (SSSR count). The van der Waals surface area contributed by atoms with Crippen molar-refractivity contribution in [1.82, 2.24) is 0 Å². The number of carbonyl (C=O) groups excluding carboxylic acids is 2. The molecule has 5 heteroatoms. The summed E-state index contributed by atoms with van der Waals surface area (Å²) in [5.74, 6) is 1.00. The molecule has 0 unspecified atom stereocenters. The van der Waals surface area contributed by atoms with Gasteiger partial charge in [-0.1, -0.05) is 31.2 Å². The third-order valence-corrected chi connectivity index (χ3v) is 4.98. The maximum atomic E-state index is 12.1. The topological polar surface area (TPSA) is 61.8 Å². The highest BCUT2D eigenvalue weighted by Crippen LogP contribution is 2.46. The summed E-state index contributed by atoms with van der Waals surface area (Å²) in [6.07, 6.45) is 5.38. The smallest absolute Gasteiger partial charge is 0.337 e. The molecule has 0 spiro atoms. The fourth-order valence-electron chi connectivity index (χ4n) is 2.73. The Balaban J connectivity index is 1.64. The van der Waals surface area contributed by atoms with Crippen LogP contribution in [0.15, 0.2) is 48.5 Å². The lowest BCUT2D eigenvalue weighted by atomic mass is 10.0. The van der Waals surface area contributed by atoms with Gasteiger partial charge in [-0.2, -0.15) is 0 Å². The molecule has 2 aromatic rings. The summed E-state index contributed by atoms with van der Waals surface area (Å²) >= 11 is 0. The largest absolute Gasteiger partial charge is 0.493 e. The molecular weight excluding hydrogens is 356 g/mol. The molecule has 0 heterocycles. The van der Waals surface area contributed by atoms with Crippen molar-refractivity contribution in [2.24, 2.45) is 5.41 Å². The summed E-state index contributed by atoms with van der Waals surface area (Å²) in [4.78, 5) is 23.6. The van der Waals surface area contributed by atoms with Crippen molar-refractivity contribution in [3.63, 3.8) is 0 Å². The third-order valence-electron chi connectivity index (χ3n) is 4.98. The Hall–Kier alpha value is -3.08. The molecule has 1 aliphatic carbocycles. The van der Waals surface area contributed by atoms with Gasteiger partial charge >= 0.3 is 5.97 Å². The van der Waals surface area contributed by atoms with E-state index < -0.39 is 0 Å². The van der Waals surface area contributed by atoms with E-state index in [0.29, 0.717) is 23.7 Å². The predicted molar refractivity (Wildman–Crippen MR) is 106 cm³/mol. The van der Waals surface area contributed by atoms with Crippen molar-refractivity contribution in [3.8, 4) is 11.5 Å². The van der Waals surface area contributed by atoms with E-state index in [0.717, 1.165) is 24.0 Å². The Kier molecular flexibility index (Phi) is 5.83. The molecule has 0 saturated heterocycles. The lowest BCUT2D eigenvalue weighted by molar-refractivity contribution is -0.118. The van der Waals surface area contributed by atoms with Crippen LogP contribution in [-0.2, 0) is 16.1 Å². The van der Waals surface area contributed by atoms with Crippen molar-refractivity contribution in [2.45, 2.75) is 26.4 Å². The fourth-order valence-corrected chi connectivity index (χ4v) is 2.73. The van der Waals surface area contributed by atoms with E-state index >= 15 is 0 Å². The Bertz CT molecular complexity index is 892. The second-order valence-corrected chi connectivity index (χ2v) is 7.15. The highest BCUT2D eigenvalue weighted by molar-refractivity contribution is 5.99. The summed E-state index contributed by atoms with van der Waals surface area (Å²) in [5, 5.41) is 0. The Morgan fingerprint density at radius 2 is 1.75 bits per heavy atom.